The molecule has 1 saturated heterocycles. The third-order valence-electron chi connectivity index (χ3n) is 4.52. The minimum Gasteiger partial charge on any atom is -0.348 e. The Balaban J connectivity index is 1.65. The standard InChI is InChI=1S/C22H18N2OS2/c1-2-23-15-14-16(18-10-6-7-11-19(18)23)12-13-20-21(25)24(22(26)27-20)17-8-4-3-5-9-17/h3-15H,2H2,1H3/b16-12?,20-13+. The summed E-state index contributed by atoms with van der Waals surface area (Å²) in [5, 5.41) is 0. The lowest BCUT2D eigenvalue weighted by Crippen LogP contribution is -2.27. The van der Waals surface area contributed by atoms with E-state index in [-0.39, 0.29) is 5.91 Å². The number of para-hydroxylation sites is 2. The van der Waals surface area contributed by atoms with Gasteiger partial charge in [-0.15, -0.1) is 0 Å². The third-order valence-corrected chi connectivity index (χ3v) is 5.84. The van der Waals surface area contributed by atoms with Gasteiger partial charge in [-0.1, -0.05) is 66.5 Å². The van der Waals surface area contributed by atoms with E-state index in [2.05, 4.69) is 36.2 Å². The molecule has 0 unspecified atom stereocenters. The quantitative estimate of drug-likeness (QED) is 0.519. The van der Waals surface area contributed by atoms with Crippen LogP contribution in [0.25, 0.3) is 5.57 Å². The first-order valence-corrected chi connectivity index (χ1v) is 9.99. The summed E-state index contributed by atoms with van der Waals surface area (Å²) in [5.74, 6) is -0.0729. The van der Waals surface area contributed by atoms with Gasteiger partial charge in [0, 0.05) is 24.0 Å². The van der Waals surface area contributed by atoms with E-state index in [9.17, 15) is 4.79 Å². The maximum absolute atomic E-state index is 12.8. The minimum atomic E-state index is -0.0729. The predicted octanol–water partition coefficient (Wildman–Crippen LogP) is 5.37. The molecule has 2 aromatic carbocycles. The lowest BCUT2D eigenvalue weighted by atomic mass is 9.99. The van der Waals surface area contributed by atoms with Gasteiger partial charge in [0.15, 0.2) is 4.32 Å². The van der Waals surface area contributed by atoms with E-state index in [0.29, 0.717) is 9.23 Å². The minimum absolute atomic E-state index is 0.0729. The number of thiocarbonyl (C=S) groups is 1. The Morgan fingerprint density at radius 1 is 1.04 bits per heavy atom. The van der Waals surface area contributed by atoms with Crippen molar-refractivity contribution >= 4 is 51.2 Å². The molecule has 0 saturated carbocycles. The topological polar surface area (TPSA) is 23.6 Å². The Morgan fingerprint density at radius 2 is 1.78 bits per heavy atom. The highest BCUT2D eigenvalue weighted by Gasteiger charge is 2.32. The largest absolute Gasteiger partial charge is 0.348 e. The molecule has 0 aromatic heterocycles. The molecule has 1 fully saturated rings. The Labute approximate surface area is 168 Å². The van der Waals surface area contributed by atoms with Crippen LogP contribution in [0.1, 0.15) is 12.5 Å². The van der Waals surface area contributed by atoms with Gasteiger partial charge in [-0.2, -0.15) is 0 Å². The number of carbonyl (C=O) groups excluding carboxylic acids is 1. The molecular formula is C22H18N2OS2. The second-order valence-electron chi connectivity index (χ2n) is 6.12. The molecule has 5 heteroatoms. The van der Waals surface area contributed by atoms with Crippen molar-refractivity contribution in [3.8, 4) is 0 Å². The molecule has 134 valence electrons. The summed E-state index contributed by atoms with van der Waals surface area (Å²) in [6.07, 6.45) is 8.04. The lowest BCUT2D eigenvalue weighted by Gasteiger charge is -2.26. The fraction of sp³-hybridized carbons (Fsp3) is 0.0909. The van der Waals surface area contributed by atoms with E-state index in [1.54, 1.807) is 4.90 Å². The molecule has 2 aromatic rings. The van der Waals surface area contributed by atoms with Gasteiger partial charge in [-0.05, 0) is 42.8 Å². The molecule has 0 radical (unpaired) electrons. The Bertz CT molecular complexity index is 992. The van der Waals surface area contributed by atoms with Crippen LogP contribution in [0.2, 0.25) is 0 Å². The number of hydrogen-bond acceptors (Lipinski definition) is 4. The molecule has 0 N–H and O–H groups in total. The number of thioether (sulfide) groups is 1. The smallest absolute Gasteiger partial charge is 0.270 e. The molecule has 0 spiro atoms. The zero-order chi connectivity index (χ0) is 18.8. The molecule has 0 bridgehead atoms. The summed E-state index contributed by atoms with van der Waals surface area (Å²) < 4.78 is 0.563. The summed E-state index contributed by atoms with van der Waals surface area (Å²) in [5.41, 5.74) is 4.23. The number of benzene rings is 2. The SMILES string of the molecule is CCN1C=CC(=C/C=C2/SC(=S)N(c3ccccc3)C2=O)c2ccccc21. The monoisotopic (exact) mass is 390 g/mol. The maximum Gasteiger partial charge on any atom is 0.270 e. The molecule has 0 atom stereocenters. The van der Waals surface area contributed by atoms with Gasteiger partial charge in [0.05, 0.1) is 10.6 Å². The second kappa shape index (κ2) is 7.55. The second-order valence-corrected chi connectivity index (χ2v) is 7.79. The van der Waals surface area contributed by atoms with E-state index in [1.165, 1.54) is 17.4 Å². The van der Waals surface area contributed by atoms with Crippen LogP contribution in [0, 0.1) is 0 Å². The Kier molecular flexibility index (Phi) is 4.97. The van der Waals surface area contributed by atoms with Gasteiger partial charge in [0.25, 0.3) is 5.91 Å². The van der Waals surface area contributed by atoms with Crippen LogP contribution in [-0.2, 0) is 4.79 Å². The van der Waals surface area contributed by atoms with E-state index >= 15 is 0 Å². The first-order valence-electron chi connectivity index (χ1n) is 8.76. The van der Waals surface area contributed by atoms with E-state index in [0.717, 1.165) is 23.4 Å². The molecule has 1 amide bonds. The zero-order valence-electron chi connectivity index (χ0n) is 14.8. The van der Waals surface area contributed by atoms with Crippen LogP contribution in [0.5, 0.6) is 0 Å². The van der Waals surface area contributed by atoms with Crippen LogP contribution in [-0.4, -0.2) is 16.8 Å². The average molecular weight is 391 g/mol. The molecule has 27 heavy (non-hydrogen) atoms. The third kappa shape index (κ3) is 3.36. The van der Waals surface area contributed by atoms with Gasteiger partial charge in [0.1, 0.15) is 0 Å². The van der Waals surface area contributed by atoms with E-state index < -0.39 is 0 Å². The summed E-state index contributed by atoms with van der Waals surface area (Å²) in [6, 6.07) is 17.8. The van der Waals surface area contributed by atoms with Gasteiger partial charge >= 0.3 is 0 Å². The van der Waals surface area contributed by atoms with Crippen molar-refractivity contribution < 1.29 is 4.79 Å². The predicted molar refractivity (Wildman–Crippen MR) is 119 cm³/mol. The number of allylic oxidation sites excluding steroid dienone is 4. The Hall–Kier alpha value is -2.63. The number of fused-ring (bicyclic) bond motifs is 1. The lowest BCUT2D eigenvalue weighted by molar-refractivity contribution is -0.113. The first kappa shape index (κ1) is 17.8. The van der Waals surface area contributed by atoms with Crippen LogP contribution >= 0.6 is 24.0 Å². The highest BCUT2D eigenvalue weighted by atomic mass is 32.2. The van der Waals surface area contributed by atoms with Crippen molar-refractivity contribution in [3.63, 3.8) is 0 Å². The summed E-state index contributed by atoms with van der Waals surface area (Å²) in [6.45, 7) is 3.04. The van der Waals surface area contributed by atoms with Gasteiger partial charge in [-0.3, -0.25) is 9.69 Å². The summed E-state index contributed by atoms with van der Waals surface area (Å²) in [7, 11) is 0. The number of anilines is 2. The van der Waals surface area contributed by atoms with Crippen molar-refractivity contribution in [1.82, 2.24) is 0 Å². The number of rotatable bonds is 3. The molecule has 2 aliphatic heterocycles. The summed E-state index contributed by atoms with van der Waals surface area (Å²) in [4.78, 5) is 17.3. The molecule has 4 rings (SSSR count). The van der Waals surface area contributed by atoms with Gasteiger partial charge in [0.2, 0.25) is 0 Å². The van der Waals surface area contributed by atoms with E-state index in [4.69, 9.17) is 12.2 Å². The zero-order valence-corrected chi connectivity index (χ0v) is 16.5. The van der Waals surface area contributed by atoms with Crippen molar-refractivity contribution in [3.05, 3.63) is 89.5 Å². The highest BCUT2D eigenvalue weighted by molar-refractivity contribution is 8.27. The van der Waals surface area contributed by atoms with Crippen molar-refractivity contribution in [2.24, 2.45) is 0 Å². The fourth-order valence-corrected chi connectivity index (χ4v) is 4.42. The number of carbonyl (C=O) groups is 1. The van der Waals surface area contributed by atoms with Crippen molar-refractivity contribution in [2.45, 2.75) is 6.92 Å². The van der Waals surface area contributed by atoms with Crippen LogP contribution in [0.3, 0.4) is 0 Å². The number of hydrogen-bond donors (Lipinski definition) is 0. The van der Waals surface area contributed by atoms with Crippen molar-refractivity contribution in [2.75, 3.05) is 16.3 Å². The van der Waals surface area contributed by atoms with Crippen LogP contribution < -0.4 is 9.80 Å². The van der Waals surface area contributed by atoms with Crippen LogP contribution in [0.15, 0.2) is 83.9 Å². The van der Waals surface area contributed by atoms with Gasteiger partial charge < -0.3 is 4.90 Å². The molecule has 3 nitrogen and oxygen atoms in total. The molecule has 2 aliphatic rings. The normalized spacial score (nSPS) is 19.3. The maximum atomic E-state index is 12.8. The molecule has 2 heterocycles. The molecular weight excluding hydrogens is 372 g/mol. The van der Waals surface area contributed by atoms with E-state index in [1.807, 2.05) is 54.6 Å². The van der Waals surface area contributed by atoms with Gasteiger partial charge in [-0.25, -0.2) is 0 Å². The summed E-state index contributed by atoms with van der Waals surface area (Å²) >= 11 is 6.77. The Morgan fingerprint density at radius 3 is 2.56 bits per heavy atom. The number of nitrogens with zero attached hydrogens (tertiary/aromatic N) is 2. The van der Waals surface area contributed by atoms with Crippen molar-refractivity contribution in [1.29, 1.82) is 0 Å². The number of amides is 1. The first-order chi connectivity index (χ1) is 13.2. The fourth-order valence-electron chi connectivity index (χ4n) is 3.18. The highest BCUT2D eigenvalue weighted by Crippen LogP contribution is 2.36. The van der Waals surface area contributed by atoms with Crippen LogP contribution in [0.4, 0.5) is 11.4 Å². The average Bonchev–Trinajstić information content (AvgIpc) is 3.00. The molecule has 0 aliphatic carbocycles.